The fourth-order valence-electron chi connectivity index (χ4n) is 4.34. The van der Waals surface area contributed by atoms with E-state index in [9.17, 15) is 4.79 Å². The second-order valence-corrected chi connectivity index (χ2v) is 8.13. The van der Waals surface area contributed by atoms with Gasteiger partial charge in [-0.1, -0.05) is 0 Å². The number of piperazine rings is 1. The standard InChI is InChI=1S/C21H29N5O/c22-12-16-4-6-18(7-5-16)23-10-1-11-26-19-8-9-20(26)15-25(14-19)21(27)24-13-17-2-3-17/h4-7,17,19-20,23H,1-3,8-11,13-15H2,(H,24,27). The highest BCUT2D eigenvalue weighted by molar-refractivity contribution is 5.74. The highest BCUT2D eigenvalue weighted by atomic mass is 16.2. The van der Waals surface area contributed by atoms with Crippen molar-refractivity contribution < 1.29 is 4.79 Å². The Morgan fingerprint density at radius 2 is 1.81 bits per heavy atom. The van der Waals surface area contributed by atoms with Gasteiger partial charge in [-0.2, -0.15) is 5.26 Å². The monoisotopic (exact) mass is 367 g/mol. The molecule has 2 heterocycles. The number of hydrogen-bond acceptors (Lipinski definition) is 4. The minimum absolute atomic E-state index is 0.140. The lowest BCUT2D eigenvalue weighted by molar-refractivity contribution is 0.0825. The average Bonchev–Trinajstić information content (AvgIpc) is 3.49. The van der Waals surface area contributed by atoms with Gasteiger partial charge in [0.25, 0.3) is 0 Å². The van der Waals surface area contributed by atoms with Crippen LogP contribution in [0.5, 0.6) is 0 Å². The Morgan fingerprint density at radius 3 is 2.44 bits per heavy atom. The summed E-state index contributed by atoms with van der Waals surface area (Å²) in [5.74, 6) is 0.732. The van der Waals surface area contributed by atoms with Gasteiger partial charge >= 0.3 is 6.03 Å². The molecule has 2 saturated heterocycles. The molecule has 3 fully saturated rings. The van der Waals surface area contributed by atoms with E-state index in [-0.39, 0.29) is 6.03 Å². The van der Waals surface area contributed by atoms with Crippen molar-refractivity contribution in [3.63, 3.8) is 0 Å². The molecule has 1 saturated carbocycles. The van der Waals surface area contributed by atoms with Crippen LogP contribution in [-0.2, 0) is 0 Å². The zero-order chi connectivity index (χ0) is 18.6. The van der Waals surface area contributed by atoms with Crippen molar-refractivity contribution in [1.29, 1.82) is 5.26 Å². The van der Waals surface area contributed by atoms with Crippen LogP contribution in [-0.4, -0.2) is 60.6 Å². The van der Waals surface area contributed by atoms with Gasteiger partial charge in [-0.25, -0.2) is 4.79 Å². The molecule has 2 N–H and O–H groups in total. The van der Waals surface area contributed by atoms with Gasteiger partial charge in [-0.3, -0.25) is 4.90 Å². The molecule has 1 aliphatic carbocycles. The summed E-state index contributed by atoms with van der Waals surface area (Å²) in [6.45, 7) is 4.60. The predicted molar refractivity (Wildman–Crippen MR) is 105 cm³/mol. The van der Waals surface area contributed by atoms with Crippen LogP contribution in [0.1, 0.15) is 37.7 Å². The molecule has 3 aliphatic rings. The van der Waals surface area contributed by atoms with Crippen LogP contribution < -0.4 is 10.6 Å². The molecule has 2 bridgehead atoms. The lowest BCUT2D eigenvalue weighted by atomic mass is 10.1. The Bertz CT molecular complexity index is 680. The van der Waals surface area contributed by atoms with Gasteiger partial charge in [0.05, 0.1) is 11.6 Å². The van der Waals surface area contributed by atoms with Crippen molar-refractivity contribution in [1.82, 2.24) is 15.1 Å². The maximum atomic E-state index is 12.4. The molecule has 1 aromatic carbocycles. The van der Waals surface area contributed by atoms with Crippen molar-refractivity contribution in [2.45, 2.75) is 44.2 Å². The minimum Gasteiger partial charge on any atom is -0.385 e. The second kappa shape index (κ2) is 8.18. The lowest BCUT2D eigenvalue weighted by Crippen LogP contribution is -2.57. The third-order valence-corrected chi connectivity index (χ3v) is 6.10. The molecule has 6 nitrogen and oxygen atoms in total. The first kappa shape index (κ1) is 18.1. The van der Waals surface area contributed by atoms with E-state index in [4.69, 9.17) is 5.26 Å². The number of benzene rings is 1. The smallest absolute Gasteiger partial charge is 0.317 e. The minimum atomic E-state index is 0.140. The Hall–Kier alpha value is -2.26. The summed E-state index contributed by atoms with van der Waals surface area (Å²) >= 11 is 0. The van der Waals surface area contributed by atoms with E-state index >= 15 is 0 Å². The summed E-state index contributed by atoms with van der Waals surface area (Å²) in [4.78, 5) is 17.0. The van der Waals surface area contributed by atoms with Gasteiger partial charge in [-0.15, -0.1) is 0 Å². The SMILES string of the molecule is N#Cc1ccc(NCCCN2C3CCC2CN(C(=O)NCC2CC2)C3)cc1. The number of nitriles is 1. The highest BCUT2D eigenvalue weighted by Gasteiger charge is 2.40. The fraction of sp³-hybridized carbons (Fsp3) is 0.619. The third-order valence-electron chi connectivity index (χ3n) is 6.10. The van der Waals surface area contributed by atoms with Crippen molar-refractivity contribution >= 4 is 11.7 Å². The van der Waals surface area contributed by atoms with E-state index in [1.807, 2.05) is 29.2 Å². The van der Waals surface area contributed by atoms with Gasteiger partial charge in [0, 0.05) is 50.5 Å². The van der Waals surface area contributed by atoms with Gasteiger partial charge in [0.2, 0.25) is 0 Å². The molecule has 0 radical (unpaired) electrons. The van der Waals surface area contributed by atoms with Crippen LogP contribution in [0.25, 0.3) is 0 Å². The summed E-state index contributed by atoms with van der Waals surface area (Å²) in [6, 6.07) is 10.9. The number of carbonyl (C=O) groups excluding carboxylic acids is 1. The molecule has 4 rings (SSSR count). The predicted octanol–water partition coefficient (Wildman–Crippen LogP) is 2.63. The van der Waals surface area contributed by atoms with Crippen molar-refractivity contribution in [2.24, 2.45) is 5.92 Å². The first-order valence-corrected chi connectivity index (χ1v) is 10.3. The summed E-state index contributed by atoms with van der Waals surface area (Å²) < 4.78 is 0. The van der Waals surface area contributed by atoms with E-state index in [2.05, 4.69) is 21.6 Å². The number of anilines is 1. The Balaban J connectivity index is 1.19. The topological polar surface area (TPSA) is 71.4 Å². The number of likely N-dealkylation sites (tertiary alicyclic amines) is 1. The number of nitrogens with zero attached hydrogens (tertiary/aromatic N) is 3. The molecule has 144 valence electrons. The van der Waals surface area contributed by atoms with E-state index in [0.29, 0.717) is 17.6 Å². The summed E-state index contributed by atoms with van der Waals surface area (Å²) in [5, 5.41) is 15.4. The van der Waals surface area contributed by atoms with Crippen molar-refractivity contribution in [3.8, 4) is 6.07 Å². The van der Waals surface area contributed by atoms with Crippen molar-refractivity contribution in [3.05, 3.63) is 29.8 Å². The number of rotatable bonds is 7. The van der Waals surface area contributed by atoms with Crippen LogP contribution >= 0.6 is 0 Å². The van der Waals surface area contributed by atoms with Crippen molar-refractivity contribution in [2.75, 3.05) is 38.0 Å². The van der Waals surface area contributed by atoms with Gasteiger partial charge in [-0.05, 0) is 62.3 Å². The van der Waals surface area contributed by atoms with E-state index < -0.39 is 0 Å². The maximum Gasteiger partial charge on any atom is 0.317 e. The third kappa shape index (κ3) is 4.54. The van der Waals surface area contributed by atoms with Crippen LogP contribution in [0.3, 0.4) is 0 Å². The quantitative estimate of drug-likeness (QED) is 0.727. The number of nitrogens with one attached hydrogen (secondary N) is 2. The Morgan fingerprint density at radius 1 is 1.11 bits per heavy atom. The molecule has 2 aliphatic heterocycles. The number of hydrogen-bond donors (Lipinski definition) is 2. The maximum absolute atomic E-state index is 12.4. The van der Waals surface area contributed by atoms with E-state index in [1.54, 1.807) is 0 Å². The molecule has 0 aromatic heterocycles. The van der Waals surface area contributed by atoms with Crippen LogP contribution in [0.2, 0.25) is 0 Å². The molecular weight excluding hydrogens is 338 g/mol. The largest absolute Gasteiger partial charge is 0.385 e. The number of amides is 2. The van der Waals surface area contributed by atoms with Gasteiger partial charge in [0.15, 0.2) is 0 Å². The molecular formula is C21H29N5O. The van der Waals surface area contributed by atoms with Gasteiger partial charge in [0.1, 0.15) is 0 Å². The molecule has 1 aromatic rings. The summed E-state index contributed by atoms with van der Waals surface area (Å²) in [6.07, 6.45) is 6.05. The molecule has 2 atom stereocenters. The first-order valence-electron chi connectivity index (χ1n) is 10.3. The fourth-order valence-corrected chi connectivity index (χ4v) is 4.34. The van der Waals surface area contributed by atoms with Crippen LogP contribution in [0.15, 0.2) is 24.3 Å². The molecule has 6 heteroatoms. The van der Waals surface area contributed by atoms with E-state index in [0.717, 1.165) is 50.7 Å². The second-order valence-electron chi connectivity index (χ2n) is 8.13. The first-order chi connectivity index (χ1) is 13.2. The molecule has 2 amide bonds. The molecule has 27 heavy (non-hydrogen) atoms. The summed E-state index contributed by atoms with van der Waals surface area (Å²) in [7, 11) is 0. The molecule has 2 unspecified atom stereocenters. The number of urea groups is 1. The van der Waals surface area contributed by atoms with Crippen LogP contribution in [0, 0.1) is 17.2 Å². The molecule has 0 spiro atoms. The Kier molecular flexibility index (Phi) is 5.49. The lowest BCUT2D eigenvalue weighted by Gasteiger charge is -2.41. The zero-order valence-corrected chi connectivity index (χ0v) is 15.9. The highest BCUT2D eigenvalue weighted by Crippen LogP contribution is 2.31. The summed E-state index contributed by atoms with van der Waals surface area (Å²) in [5.41, 5.74) is 1.75. The Labute approximate surface area is 161 Å². The average molecular weight is 367 g/mol. The van der Waals surface area contributed by atoms with Crippen LogP contribution in [0.4, 0.5) is 10.5 Å². The van der Waals surface area contributed by atoms with E-state index in [1.165, 1.54) is 25.7 Å². The number of carbonyl (C=O) groups is 1. The van der Waals surface area contributed by atoms with Gasteiger partial charge < -0.3 is 15.5 Å². The normalized spacial score (nSPS) is 24.5. The number of fused-ring (bicyclic) bond motifs is 2. The zero-order valence-electron chi connectivity index (χ0n) is 15.9.